The fourth-order valence-corrected chi connectivity index (χ4v) is 2.22. The summed E-state index contributed by atoms with van der Waals surface area (Å²) in [6.45, 7) is 4.29. The summed E-state index contributed by atoms with van der Waals surface area (Å²) in [5.74, 6) is -0.237. The highest BCUT2D eigenvalue weighted by Gasteiger charge is 2.10. The second-order valence-electron chi connectivity index (χ2n) is 5.01. The molecule has 0 fully saturated rings. The van der Waals surface area contributed by atoms with Crippen molar-refractivity contribution in [3.63, 3.8) is 0 Å². The van der Waals surface area contributed by atoms with E-state index >= 15 is 0 Å². The van der Waals surface area contributed by atoms with Crippen LogP contribution in [-0.4, -0.2) is 18.4 Å². The fourth-order valence-electron chi connectivity index (χ4n) is 2.22. The van der Waals surface area contributed by atoms with Gasteiger partial charge >= 0.3 is 0 Å². The van der Waals surface area contributed by atoms with Gasteiger partial charge < -0.3 is 16.0 Å². The molecule has 1 heterocycles. The van der Waals surface area contributed by atoms with E-state index in [0.717, 1.165) is 25.1 Å². The molecule has 0 aromatic heterocycles. The minimum absolute atomic E-state index is 0.0470. The Hall–Kier alpha value is -1.88. The highest BCUT2D eigenvalue weighted by molar-refractivity contribution is 5.84. The predicted molar refractivity (Wildman–Crippen MR) is 76.8 cm³/mol. The van der Waals surface area contributed by atoms with Crippen LogP contribution in [0.3, 0.4) is 0 Å². The van der Waals surface area contributed by atoms with E-state index in [-0.39, 0.29) is 18.4 Å². The van der Waals surface area contributed by atoms with E-state index < -0.39 is 0 Å². The molecule has 20 heavy (non-hydrogen) atoms. The first-order valence-electron chi connectivity index (χ1n) is 7.04. The van der Waals surface area contributed by atoms with Crippen LogP contribution in [0.25, 0.3) is 0 Å². The normalized spacial score (nSPS) is 12.8. The van der Waals surface area contributed by atoms with Crippen molar-refractivity contribution in [3.8, 4) is 0 Å². The predicted octanol–water partition coefficient (Wildman–Crippen LogP) is 0.822. The van der Waals surface area contributed by atoms with Gasteiger partial charge in [-0.25, -0.2) is 0 Å². The quantitative estimate of drug-likeness (QED) is 0.720. The molecule has 5 heteroatoms. The Morgan fingerprint density at radius 3 is 2.75 bits per heavy atom. The molecule has 0 spiro atoms. The fraction of sp³-hybridized carbons (Fsp3) is 0.467. The van der Waals surface area contributed by atoms with E-state index in [9.17, 15) is 9.59 Å². The Kier molecular flexibility index (Phi) is 5.12. The molecule has 5 nitrogen and oxygen atoms in total. The molecule has 0 saturated carbocycles. The summed E-state index contributed by atoms with van der Waals surface area (Å²) in [4.78, 5) is 22.9. The maximum absolute atomic E-state index is 11.6. The van der Waals surface area contributed by atoms with Crippen molar-refractivity contribution in [1.29, 1.82) is 0 Å². The Bertz CT molecular complexity index is 500. The van der Waals surface area contributed by atoms with Crippen molar-refractivity contribution in [2.24, 2.45) is 0 Å². The van der Waals surface area contributed by atoms with Crippen LogP contribution in [0.2, 0.25) is 0 Å². The molecule has 0 saturated heterocycles. The van der Waals surface area contributed by atoms with Crippen molar-refractivity contribution >= 4 is 11.8 Å². The van der Waals surface area contributed by atoms with Crippen molar-refractivity contribution in [2.75, 3.05) is 6.54 Å². The summed E-state index contributed by atoms with van der Waals surface area (Å²) in [5, 5.41) is 8.70. The molecule has 3 N–H and O–H groups in total. The van der Waals surface area contributed by atoms with E-state index in [1.807, 2.05) is 13.0 Å². The van der Waals surface area contributed by atoms with Crippen molar-refractivity contribution in [3.05, 3.63) is 34.9 Å². The molecular formula is C15H21N3O2. The first-order valence-corrected chi connectivity index (χ1v) is 7.04. The van der Waals surface area contributed by atoms with Gasteiger partial charge in [-0.1, -0.05) is 25.1 Å². The molecule has 0 aliphatic carbocycles. The summed E-state index contributed by atoms with van der Waals surface area (Å²) in [7, 11) is 0. The summed E-state index contributed by atoms with van der Waals surface area (Å²) in [6.07, 6.45) is 1.25. The van der Waals surface area contributed by atoms with Gasteiger partial charge in [-0.3, -0.25) is 9.59 Å². The van der Waals surface area contributed by atoms with Crippen LogP contribution < -0.4 is 16.0 Å². The monoisotopic (exact) mass is 275 g/mol. The lowest BCUT2D eigenvalue weighted by molar-refractivity contribution is -0.126. The van der Waals surface area contributed by atoms with Gasteiger partial charge in [0.15, 0.2) is 0 Å². The lowest BCUT2D eigenvalue weighted by Crippen LogP contribution is -2.36. The molecule has 1 aliphatic rings. The van der Waals surface area contributed by atoms with Crippen molar-refractivity contribution < 1.29 is 9.59 Å². The number of amides is 2. The van der Waals surface area contributed by atoms with Gasteiger partial charge in [-0.05, 0) is 23.1 Å². The Balaban J connectivity index is 1.74. The van der Waals surface area contributed by atoms with Crippen molar-refractivity contribution in [2.45, 2.75) is 39.4 Å². The molecule has 108 valence electrons. The van der Waals surface area contributed by atoms with E-state index in [2.05, 4.69) is 28.1 Å². The third-order valence-electron chi connectivity index (χ3n) is 3.31. The minimum atomic E-state index is -0.159. The molecule has 1 aliphatic heterocycles. The minimum Gasteiger partial charge on any atom is -0.350 e. The van der Waals surface area contributed by atoms with Gasteiger partial charge in [0.05, 0.1) is 6.54 Å². The first kappa shape index (κ1) is 14.5. The van der Waals surface area contributed by atoms with Crippen LogP contribution in [-0.2, 0) is 29.2 Å². The van der Waals surface area contributed by atoms with Crippen molar-refractivity contribution in [1.82, 2.24) is 16.0 Å². The van der Waals surface area contributed by atoms with Gasteiger partial charge in [0.2, 0.25) is 11.8 Å². The summed E-state index contributed by atoms with van der Waals surface area (Å²) < 4.78 is 0. The molecule has 2 rings (SSSR count). The number of hydrogen-bond donors (Lipinski definition) is 3. The topological polar surface area (TPSA) is 70.2 Å². The number of benzene rings is 1. The second kappa shape index (κ2) is 7.05. The van der Waals surface area contributed by atoms with E-state index in [1.54, 1.807) is 0 Å². The average molecular weight is 275 g/mol. The second-order valence-corrected chi connectivity index (χ2v) is 5.01. The van der Waals surface area contributed by atoms with Gasteiger partial charge in [0.1, 0.15) is 0 Å². The summed E-state index contributed by atoms with van der Waals surface area (Å²) in [6, 6.07) is 6.24. The van der Waals surface area contributed by atoms with E-state index in [1.165, 1.54) is 11.1 Å². The maximum Gasteiger partial charge on any atom is 0.239 e. The largest absolute Gasteiger partial charge is 0.350 e. The van der Waals surface area contributed by atoms with Crippen LogP contribution in [0, 0.1) is 0 Å². The van der Waals surface area contributed by atoms with Crippen LogP contribution in [0.4, 0.5) is 0 Å². The van der Waals surface area contributed by atoms with Crippen LogP contribution in [0.5, 0.6) is 0 Å². The number of nitrogens with one attached hydrogen (secondary N) is 3. The molecule has 0 bridgehead atoms. The third kappa shape index (κ3) is 4.06. The number of hydrogen-bond acceptors (Lipinski definition) is 3. The maximum atomic E-state index is 11.6. The molecule has 0 atom stereocenters. The lowest BCUT2D eigenvalue weighted by Gasteiger charge is -2.08. The average Bonchev–Trinajstić information content (AvgIpc) is 2.90. The summed E-state index contributed by atoms with van der Waals surface area (Å²) >= 11 is 0. The summed E-state index contributed by atoms with van der Waals surface area (Å²) in [5.41, 5.74) is 3.71. The molecule has 1 aromatic carbocycles. The Morgan fingerprint density at radius 2 is 1.95 bits per heavy atom. The number of carbonyl (C=O) groups is 2. The highest BCUT2D eigenvalue weighted by Crippen LogP contribution is 2.16. The van der Waals surface area contributed by atoms with E-state index in [4.69, 9.17) is 0 Å². The van der Waals surface area contributed by atoms with Crippen LogP contribution in [0.1, 0.15) is 36.5 Å². The van der Waals surface area contributed by atoms with Crippen LogP contribution >= 0.6 is 0 Å². The first-order chi connectivity index (χ1) is 9.69. The zero-order valence-corrected chi connectivity index (χ0v) is 11.8. The molecule has 1 aromatic rings. The SMILES string of the molecule is CCCC(=O)NCC(=O)NCc1ccc2c(c1)CNC2. The zero-order valence-electron chi connectivity index (χ0n) is 11.8. The van der Waals surface area contributed by atoms with Gasteiger partial charge in [0.25, 0.3) is 0 Å². The number of carbonyl (C=O) groups excluding carboxylic acids is 2. The Morgan fingerprint density at radius 1 is 1.15 bits per heavy atom. The smallest absolute Gasteiger partial charge is 0.239 e. The molecule has 0 radical (unpaired) electrons. The Labute approximate surface area is 119 Å². The van der Waals surface area contributed by atoms with Crippen LogP contribution in [0.15, 0.2) is 18.2 Å². The van der Waals surface area contributed by atoms with Gasteiger partial charge in [-0.2, -0.15) is 0 Å². The van der Waals surface area contributed by atoms with Gasteiger partial charge in [-0.15, -0.1) is 0 Å². The molecule has 2 amide bonds. The number of fused-ring (bicyclic) bond motifs is 1. The standard InChI is InChI=1S/C15H21N3O2/c1-2-3-14(19)18-10-15(20)17-7-11-4-5-12-8-16-9-13(12)6-11/h4-6,16H,2-3,7-10H2,1H3,(H,17,20)(H,18,19). The molecular weight excluding hydrogens is 254 g/mol. The van der Waals surface area contributed by atoms with Gasteiger partial charge in [0, 0.05) is 26.1 Å². The number of rotatable bonds is 6. The zero-order chi connectivity index (χ0) is 14.4. The highest BCUT2D eigenvalue weighted by atomic mass is 16.2. The van der Waals surface area contributed by atoms with E-state index in [0.29, 0.717) is 13.0 Å². The lowest BCUT2D eigenvalue weighted by atomic mass is 10.1. The molecule has 0 unspecified atom stereocenters. The third-order valence-corrected chi connectivity index (χ3v) is 3.31.